The standard InChI is InChI=1S/C13H15BrO3/c1-16-12-7-6-11(13(15)17-2)9-10(12)5-3-4-8-14/h3,5-7,9H,4,8H2,1-2H3. The van der Waals surface area contributed by atoms with Gasteiger partial charge < -0.3 is 9.47 Å². The van der Waals surface area contributed by atoms with Crippen LogP contribution in [0.5, 0.6) is 5.75 Å². The summed E-state index contributed by atoms with van der Waals surface area (Å²) in [5.74, 6) is 0.395. The van der Waals surface area contributed by atoms with E-state index in [1.807, 2.05) is 12.2 Å². The lowest BCUT2D eigenvalue weighted by molar-refractivity contribution is 0.0600. The molecule has 0 aliphatic carbocycles. The minimum absolute atomic E-state index is 0.345. The second kappa shape index (κ2) is 7.12. The van der Waals surface area contributed by atoms with Crippen molar-refractivity contribution in [3.8, 4) is 5.75 Å². The highest BCUT2D eigenvalue weighted by Gasteiger charge is 2.08. The Kier molecular flexibility index (Phi) is 5.77. The number of hydrogen-bond acceptors (Lipinski definition) is 3. The number of esters is 1. The number of ether oxygens (including phenoxy) is 2. The van der Waals surface area contributed by atoms with Gasteiger partial charge in [0.25, 0.3) is 0 Å². The van der Waals surface area contributed by atoms with Crippen LogP contribution in [0.25, 0.3) is 6.08 Å². The van der Waals surface area contributed by atoms with E-state index in [0.717, 1.165) is 23.1 Å². The van der Waals surface area contributed by atoms with E-state index in [9.17, 15) is 4.79 Å². The van der Waals surface area contributed by atoms with Gasteiger partial charge in [0.15, 0.2) is 0 Å². The Balaban J connectivity index is 3.02. The highest BCUT2D eigenvalue weighted by molar-refractivity contribution is 9.09. The lowest BCUT2D eigenvalue weighted by Gasteiger charge is -2.06. The van der Waals surface area contributed by atoms with Crippen LogP contribution in [0.2, 0.25) is 0 Å². The molecule has 0 aromatic heterocycles. The van der Waals surface area contributed by atoms with Crippen LogP contribution in [-0.4, -0.2) is 25.5 Å². The van der Waals surface area contributed by atoms with Crippen molar-refractivity contribution in [3.05, 3.63) is 35.4 Å². The summed E-state index contributed by atoms with van der Waals surface area (Å²) in [7, 11) is 2.97. The number of halogens is 1. The molecule has 0 heterocycles. The molecule has 0 saturated carbocycles. The van der Waals surface area contributed by atoms with Gasteiger partial charge in [-0.15, -0.1) is 0 Å². The Bertz CT molecular complexity index is 413. The lowest BCUT2D eigenvalue weighted by atomic mass is 10.1. The smallest absolute Gasteiger partial charge is 0.337 e. The van der Waals surface area contributed by atoms with Crippen LogP contribution >= 0.6 is 15.9 Å². The van der Waals surface area contributed by atoms with E-state index in [1.54, 1.807) is 25.3 Å². The fourth-order valence-electron chi connectivity index (χ4n) is 1.38. The van der Waals surface area contributed by atoms with Crippen LogP contribution in [0, 0.1) is 0 Å². The van der Waals surface area contributed by atoms with Gasteiger partial charge in [0, 0.05) is 10.9 Å². The van der Waals surface area contributed by atoms with Gasteiger partial charge in [-0.25, -0.2) is 4.79 Å². The van der Waals surface area contributed by atoms with E-state index in [1.165, 1.54) is 7.11 Å². The first-order valence-electron chi connectivity index (χ1n) is 5.21. The topological polar surface area (TPSA) is 35.5 Å². The Morgan fingerprint density at radius 2 is 2.18 bits per heavy atom. The molecule has 0 amide bonds. The van der Waals surface area contributed by atoms with E-state index in [-0.39, 0.29) is 5.97 Å². The van der Waals surface area contributed by atoms with Crippen molar-refractivity contribution in [2.24, 2.45) is 0 Å². The summed E-state index contributed by atoms with van der Waals surface area (Å²) >= 11 is 3.35. The number of hydrogen-bond donors (Lipinski definition) is 0. The molecular formula is C13H15BrO3. The molecule has 1 aromatic rings. The van der Waals surface area contributed by atoms with E-state index in [4.69, 9.17) is 4.74 Å². The number of benzene rings is 1. The molecule has 17 heavy (non-hydrogen) atoms. The van der Waals surface area contributed by atoms with Crippen molar-refractivity contribution >= 4 is 28.0 Å². The van der Waals surface area contributed by atoms with Gasteiger partial charge in [0.05, 0.1) is 19.8 Å². The Labute approximate surface area is 110 Å². The first-order chi connectivity index (χ1) is 8.22. The third kappa shape index (κ3) is 3.89. The maximum absolute atomic E-state index is 11.4. The van der Waals surface area contributed by atoms with E-state index in [2.05, 4.69) is 20.7 Å². The molecule has 0 N–H and O–H groups in total. The number of rotatable bonds is 5. The molecule has 4 heteroatoms. The van der Waals surface area contributed by atoms with Crippen molar-refractivity contribution in [1.29, 1.82) is 0 Å². The zero-order valence-corrected chi connectivity index (χ0v) is 11.5. The maximum atomic E-state index is 11.4. The molecule has 0 aliphatic rings. The van der Waals surface area contributed by atoms with E-state index < -0.39 is 0 Å². The molecule has 1 rings (SSSR count). The fraction of sp³-hybridized carbons (Fsp3) is 0.308. The van der Waals surface area contributed by atoms with Crippen LogP contribution in [0.3, 0.4) is 0 Å². The van der Waals surface area contributed by atoms with Crippen molar-refractivity contribution in [1.82, 2.24) is 0 Å². The first kappa shape index (κ1) is 13.8. The highest BCUT2D eigenvalue weighted by Crippen LogP contribution is 2.22. The van der Waals surface area contributed by atoms with Gasteiger partial charge in [0.1, 0.15) is 5.75 Å². The summed E-state index contributed by atoms with van der Waals surface area (Å²) in [5, 5.41) is 0.905. The van der Waals surface area contributed by atoms with Gasteiger partial charge in [0.2, 0.25) is 0 Å². The van der Waals surface area contributed by atoms with Crippen LogP contribution in [0.1, 0.15) is 22.3 Å². The molecule has 0 spiro atoms. The van der Waals surface area contributed by atoms with Crippen molar-refractivity contribution in [2.45, 2.75) is 6.42 Å². The van der Waals surface area contributed by atoms with Crippen molar-refractivity contribution in [3.63, 3.8) is 0 Å². The molecule has 3 nitrogen and oxygen atoms in total. The third-order valence-electron chi connectivity index (χ3n) is 2.22. The molecule has 0 unspecified atom stereocenters. The normalized spacial score (nSPS) is 10.5. The average Bonchev–Trinajstić information content (AvgIpc) is 2.38. The van der Waals surface area contributed by atoms with Crippen LogP contribution in [0.15, 0.2) is 24.3 Å². The van der Waals surface area contributed by atoms with Gasteiger partial charge in [-0.2, -0.15) is 0 Å². The molecule has 0 saturated heterocycles. The zero-order valence-electron chi connectivity index (χ0n) is 9.90. The summed E-state index contributed by atoms with van der Waals surface area (Å²) in [6.07, 6.45) is 4.88. The number of alkyl halides is 1. The summed E-state index contributed by atoms with van der Waals surface area (Å²) < 4.78 is 9.91. The number of methoxy groups -OCH3 is 2. The van der Waals surface area contributed by atoms with Gasteiger partial charge in [-0.05, 0) is 24.6 Å². The highest BCUT2D eigenvalue weighted by atomic mass is 79.9. The number of carbonyl (C=O) groups is 1. The number of carbonyl (C=O) groups excluding carboxylic acids is 1. The minimum atomic E-state index is -0.345. The molecule has 92 valence electrons. The minimum Gasteiger partial charge on any atom is -0.496 e. The number of allylic oxidation sites excluding steroid dienone is 1. The molecule has 0 atom stereocenters. The summed E-state index contributed by atoms with van der Waals surface area (Å²) in [6.45, 7) is 0. The molecule has 0 aliphatic heterocycles. The van der Waals surface area contributed by atoms with Crippen molar-refractivity contribution < 1.29 is 14.3 Å². The molecule has 1 aromatic carbocycles. The quantitative estimate of drug-likeness (QED) is 0.618. The fourth-order valence-corrected chi connectivity index (χ4v) is 1.65. The van der Waals surface area contributed by atoms with E-state index in [0.29, 0.717) is 5.56 Å². The van der Waals surface area contributed by atoms with Crippen molar-refractivity contribution in [2.75, 3.05) is 19.5 Å². The molecule has 0 fully saturated rings. The summed E-state index contributed by atoms with van der Waals surface area (Å²) in [5.41, 5.74) is 1.39. The second-order valence-electron chi connectivity index (χ2n) is 3.33. The Morgan fingerprint density at radius 3 is 2.76 bits per heavy atom. The maximum Gasteiger partial charge on any atom is 0.337 e. The summed E-state index contributed by atoms with van der Waals surface area (Å²) in [4.78, 5) is 11.4. The molecular weight excluding hydrogens is 284 g/mol. The zero-order chi connectivity index (χ0) is 12.7. The Morgan fingerprint density at radius 1 is 1.41 bits per heavy atom. The average molecular weight is 299 g/mol. The van der Waals surface area contributed by atoms with Gasteiger partial charge >= 0.3 is 5.97 Å². The van der Waals surface area contributed by atoms with Crippen LogP contribution in [-0.2, 0) is 4.74 Å². The lowest BCUT2D eigenvalue weighted by Crippen LogP contribution is -2.01. The monoisotopic (exact) mass is 298 g/mol. The molecule has 0 bridgehead atoms. The first-order valence-corrected chi connectivity index (χ1v) is 6.34. The summed E-state index contributed by atoms with van der Waals surface area (Å²) in [6, 6.07) is 5.21. The largest absolute Gasteiger partial charge is 0.496 e. The second-order valence-corrected chi connectivity index (χ2v) is 4.12. The van der Waals surface area contributed by atoms with Crippen LogP contribution in [0.4, 0.5) is 0 Å². The predicted octanol–water partition coefficient (Wildman–Crippen LogP) is 3.28. The third-order valence-corrected chi connectivity index (χ3v) is 2.68. The van der Waals surface area contributed by atoms with Crippen LogP contribution < -0.4 is 4.74 Å². The predicted molar refractivity (Wildman–Crippen MR) is 71.8 cm³/mol. The SMILES string of the molecule is COC(=O)c1ccc(OC)c(C=CCCBr)c1. The van der Waals surface area contributed by atoms with E-state index >= 15 is 0 Å². The Hall–Kier alpha value is -1.29. The van der Waals surface area contributed by atoms with Gasteiger partial charge in [-0.1, -0.05) is 28.1 Å². The molecule has 0 radical (unpaired) electrons. The van der Waals surface area contributed by atoms with Gasteiger partial charge in [-0.3, -0.25) is 0 Å².